The first-order valence-electron chi connectivity index (χ1n) is 4.15. The zero-order valence-corrected chi connectivity index (χ0v) is 7.26. The second-order valence-electron chi connectivity index (χ2n) is 3.21. The molecule has 84 valence electrons. The molecular formula is C7H14O7. The third kappa shape index (κ3) is 2.04. The summed E-state index contributed by atoms with van der Waals surface area (Å²) in [6.07, 6.45) is -9.01. The highest BCUT2D eigenvalue weighted by Crippen LogP contribution is 2.23. The molecule has 0 aliphatic carbocycles. The van der Waals surface area contributed by atoms with E-state index >= 15 is 0 Å². The summed E-state index contributed by atoms with van der Waals surface area (Å²) < 4.78 is 4.61. The summed E-state index contributed by atoms with van der Waals surface area (Å²) in [4.78, 5) is 0. The molecule has 1 fully saturated rings. The molecule has 0 saturated carbocycles. The highest BCUT2D eigenvalue weighted by Gasteiger charge is 2.46. The molecule has 0 amide bonds. The van der Waals surface area contributed by atoms with Crippen molar-refractivity contribution in [3.8, 4) is 0 Å². The molecule has 0 radical (unpaired) electrons. The molecule has 1 rings (SSSR count). The molecule has 1 aliphatic rings. The highest BCUT2D eigenvalue weighted by molar-refractivity contribution is 4.92. The van der Waals surface area contributed by atoms with E-state index in [1.54, 1.807) is 0 Å². The fourth-order valence-electron chi connectivity index (χ4n) is 1.29. The van der Waals surface area contributed by atoms with Gasteiger partial charge in [0.15, 0.2) is 6.29 Å². The Hall–Kier alpha value is -0.280. The van der Waals surface area contributed by atoms with Crippen LogP contribution in [0.3, 0.4) is 0 Å². The molecule has 7 nitrogen and oxygen atoms in total. The van der Waals surface area contributed by atoms with E-state index in [1.807, 2.05) is 0 Å². The van der Waals surface area contributed by atoms with Crippen LogP contribution in [-0.4, -0.2) is 74.1 Å². The van der Waals surface area contributed by atoms with Crippen molar-refractivity contribution in [3.05, 3.63) is 0 Å². The molecule has 6 atom stereocenters. The normalized spacial score (nSPS) is 42.4. The summed E-state index contributed by atoms with van der Waals surface area (Å²) in [5, 5.41) is 54.1. The molecule has 0 aromatic rings. The van der Waals surface area contributed by atoms with Gasteiger partial charge >= 0.3 is 0 Å². The van der Waals surface area contributed by atoms with Crippen molar-refractivity contribution in [1.29, 1.82) is 0 Å². The van der Waals surface area contributed by atoms with Gasteiger partial charge in [0.05, 0.1) is 6.61 Å². The number of rotatable bonds is 3. The van der Waals surface area contributed by atoms with Crippen LogP contribution in [0, 0.1) is 0 Å². The summed E-state index contributed by atoms with van der Waals surface area (Å²) in [7, 11) is 0. The van der Waals surface area contributed by atoms with E-state index < -0.39 is 43.4 Å². The Bertz CT molecular complexity index is 187. The molecular weight excluding hydrogens is 196 g/mol. The molecule has 7 heteroatoms. The number of hydrogen-bond acceptors (Lipinski definition) is 7. The van der Waals surface area contributed by atoms with Crippen molar-refractivity contribution in [1.82, 2.24) is 0 Å². The Kier molecular flexibility index (Phi) is 3.78. The molecule has 0 aromatic heterocycles. The lowest BCUT2D eigenvalue weighted by atomic mass is 10.0. The van der Waals surface area contributed by atoms with E-state index in [9.17, 15) is 10.2 Å². The minimum Gasteiger partial charge on any atom is -0.394 e. The molecule has 1 saturated heterocycles. The van der Waals surface area contributed by atoms with Gasteiger partial charge in [-0.2, -0.15) is 0 Å². The van der Waals surface area contributed by atoms with Gasteiger partial charge in [0, 0.05) is 0 Å². The minimum absolute atomic E-state index is 0.708. The van der Waals surface area contributed by atoms with E-state index in [0.717, 1.165) is 0 Å². The number of aliphatic hydroxyl groups excluding tert-OH is 6. The van der Waals surface area contributed by atoms with Crippen LogP contribution in [0.15, 0.2) is 0 Å². The van der Waals surface area contributed by atoms with Crippen LogP contribution in [0.4, 0.5) is 0 Å². The molecule has 0 spiro atoms. The van der Waals surface area contributed by atoms with Crippen LogP contribution in [0.25, 0.3) is 0 Å². The SMILES string of the molecule is OC[C@@H](O)[C@H](O)[C@H]1OC(O)[C@H](O)[C@@H]1O. The number of aliphatic hydroxyl groups is 6. The number of ether oxygens (including phenoxy) is 1. The van der Waals surface area contributed by atoms with Crippen molar-refractivity contribution < 1.29 is 35.4 Å². The van der Waals surface area contributed by atoms with Gasteiger partial charge < -0.3 is 35.4 Å². The Morgan fingerprint density at radius 3 is 2.00 bits per heavy atom. The maximum atomic E-state index is 9.31. The fourth-order valence-corrected chi connectivity index (χ4v) is 1.29. The van der Waals surface area contributed by atoms with Crippen LogP contribution in [-0.2, 0) is 4.74 Å². The third-order valence-electron chi connectivity index (χ3n) is 2.19. The second-order valence-corrected chi connectivity index (χ2v) is 3.21. The van der Waals surface area contributed by atoms with E-state index in [4.69, 9.17) is 20.4 Å². The van der Waals surface area contributed by atoms with E-state index in [1.165, 1.54) is 0 Å². The lowest BCUT2D eigenvalue weighted by Gasteiger charge is -2.23. The van der Waals surface area contributed by atoms with E-state index in [2.05, 4.69) is 4.74 Å². The largest absolute Gasteiger partial charge is 0.394 e. The summed E-state index contributed by atoms with van der Waals surface area (Å²) in [6.45, 7) is -0.708. The quantitative estimate of drug-likeness (QED) is 0.281. The minimum atomic E-state index is -1.60. The van der Waals surface area contributed by atoms with Gasteiger partial charge in [-0.15, -0.1) is 0 Å². The summed E-state index contributed by atoms with van der Waals surface area (Å²) >= 11 is 0. The van der Waals surface area contributed by atoms with Crippen molar-refractivity contribution in [2.24, 2.45) is 0 Å². The highest BCUT2D eigenvalue weighted by atomic mass is 16.6. The Morgan fingerprint density at radius 1 is 1.07 bits per heavy atom. The first-order chi connectivity index (χ1) is 6.49. The van der Waals surface area contributed by atoms with Crippen molar-refractivity contribution in [2.45, 2.75) is 36.8 Å². The molecule has 1 aliphatic heterocycles. The molecule has 1 unspecified atom stereocenters. The average Bonchev–Trinajstić information content (AvgIpc) is 2.43. The van der Waals surface area contributed by atoms with Crippen molar-refractivity contribution in [2.75, 3.05) is 6.61 Å². The van der Waals surface area contributed by atoms with Gasteiger partial charge in [0.1, 0.15) is 30.5 Å². The topological polar surface area (TPSA) is 131 Å². The lowest BCUT2D eigenvalue weighted by molar-refractivity contribution is -0.164. The van der Waals surface area contributed by atoms with Crippen molar-refractivity contribution >= 4 is 0 Å². The van der Waals surface area contributed by atoms with E-state index in [-0.39, 0.29) is 0 Å². The van der Waals surface area contributed by atoms with Crippen LogP contribution in [0.5, 0.6) is 0 Å². The van der Waals surface area contributed by atoms with Crippen LogP contribution >= 0.6 is 0 Å². The first-order valence-corrected chi connectivity index (χ1v) is 4.15. The molecule has 14 heavy (non-hydrogen) atoms. The van der Waals surface area contributed by atoms with Gasteiger partial charge in [0.25, 0.3) is 0 Å². The first kappa shape index (κ1) is 11.8. The standard InChI is InChI=1S/C7H14O7/c8-1-2(9)3(10)6-4(11)5(12)7(13)14-6/h2-13H,1H2/t2-,3+,4+,5-,6-,7?/m1/s1. The summed E-state index contributed by atoms with van der Waals surface area (Å²) in [5.41, 5.74) is 0. The molecule has 0 aromatic carbocycles. The zero-order valence-electron chi connectivity index (χ0n) is 7.26. The van der Waals surface area contributed by atoms with Gasteiger partial charge in [-0.25, -0.2) is 0 Å². The maximum absolute atomic E-state index is 9.31. The van der Waals surface area contributed by atoms with Crippen LogP contribution in [0.1, 0.15) is 0 Å². The smallest absolute Gasteiger partial charge is 0.184 e. The number of hydrogen-bond donors (Lipinski definition) is 6. The van der Waals surface area contributed by atoms with Gasteiger partial charge in [0.2, 0.25) is 0 Å². The predicted molar refractivity (Wildman–Crippen MR) is 42.0 cm³/mol. The Labute approximate surface area is 79.8 Å². The Morgan fingerprint density at radius 2 is 1.64 bits per heavy atom. The monoisotopic (exact) mass is 210 g/mol. The molecule has 1 heterocycles. The predicted octanol–water partition coefficient (Wildman–Crippen LogP) is -3.86. The summed E-state index contributed by atoms with van der Waals surface area (Å²) in [6, 6.07) is 0. The Balaban J connectivity index is 2.61. The van der Waals surface area contributed by atoms with Crippen LogP contribution in [0.2, 0.25) is 0 Å². The van der Waals surface area contributed by atoms with Crippen LogP contribution < -0.4 is 0 Å². The summed E-state index contributed by atoms with van der Waals surface area (Å²) in [5.74, 6) is 0. The fraction of sp³-hybridized carbons (Fsp3) is 1.00. The second kappa shape index (κ2) is 4.49. The van der Waals surface area contributed by atoms with Gasteiger partial charge in [-0.1, -0.05) is 0 Å². The third-order valence-corrected chi connectivity index (χ3v) is 2.19. The lowest BCUT2D eigenvalue weighted by Crippen LogP contribution is -2.46. The molecule has 0 bridgehead atoms. The van der Waals surface area contributed by atoms with Crippen molar-refractivity contribution in [3.63, 3.8) is 0 Å². The molecule has 6 N–H and O–H groups in total. The maximum Gasteiger partial charge on any atom is 0.184 e. The van der Waals surface area contributed by atoms with Gasteiger partial charge in [-0.3, -0.25) is 0 Å². The van der Waals surface area contributed by atoms with E-state index in [0.29, 0.717) is 0 Å². The van der Waals surface area contributed by atoms with Gasteiger partial charge in [-0.05, 0) is 0 Å². The zero-order chi connectivity index (χ0) is 10.9. The average molecular weight is 210 g/mol.